The number of carbonyl (C=O) groups is 2. The van der Waals surface area contributed by atoms with Crippen LogP contribution in [0.4, 0.5) is 0 Å². The molecule has 110 valence electrons. The summed E-state index contributed by atoms with van der Waals surface area (Å²) in [6.45, 7) is 1.17. The van der Waals surface area contributed by atoms with Crippen LogP contribution in [0.5, 0.6) is 0 Å². The average molecular weight is 288 g/mol. The third-order valence-corrected chi connectivity index (χ3v) is 3.54. The first-order valence-electron chi connectivity index (χ1n) is 6.86. The summed E-state index contributed by atoms with van der Waals surface area (Å²) in [5.74, 6) is 0.0140. The molecule has 2 N–H and O–H groups in total. The Balaban J connectivity index is 1.61. The van der Waals surface area contributed by atoms with Gasteiger partial charge in [-0.25, -0.2) is 0 Å². The van der Waals surface area contributed by atoms with E-state index >= 15 is 0 Å². The topological polar surface area (TPSA) is 91.2 Å². The molecule has 1 aliphatic heterocycles. The quantitative estimate of drug-likeness (QED) is 0.882. The number of H-pyrrole nitrogens is 1. The molecule has 1 fully saturated rings. The summed E-state index contributed by atoms with van der Waals surface area (Å²) in [7, 11) is 0. The molecule has 0 saturated carbocycles. The van der Waals surface area contributed by atoms with Crippen molar-refractivity contribution < 1.29 is 14.0 Å². The minimum Gasteiger partial charge on any atom is -0.459 e. The number of aromatic nitrogens is 2. The predicted octanol–water partition coefficient (Wildman–Crippen LogP) is 1.04. The lowest BCUT2D eigenvalue weighted by Crippen LogP contribution is -2.49. The Morgan fingerprint density at radius 2 is 2.38 bits per heavy atom. The van der Waals surface area contributed by atoms with Crippen LogP contribution in [0.25, 0.3) is 0 Å². The fraction of sp³-hybridized carbons (Fsp3) is 0.357. The Morgan fingerprint density at radius 3 is 3.10 bits per heavy atom. The third-order valence-electron chi connectivity index (χ3n) is 3.54. The number of rotatable bonds is 3. The van der Waals surface area contributed by atoms with E-state index in [-0.39, 0.29) is 17.9 Å². The van der Waals surface area contributed by atoms with Crippen molar-refractivity contribution in [3.05, 3.63) is 42.1 Å². The van der Waals surface area contributed by atoms with Gasteiger partial charge in [0.1, 0.15) is 0 Å². The summed E-state index contributed by atoms with van der Waals surface area (Å²) >= 11 is 0. The molecule has 2 aromatic heterocycles. The molecule has 21 heavy (non-hydrogen) atoms. The molecule has 3 rings (SSSR count). The van der Waals surface area contributed by atoms with E-state index in [1.54, 1.807) is 23.2 Å². The molecule has 0 bridgehead atoms. The van der Waals surface area contributed by atoms with Crippen LogP contribution in [0, 0.1) is 0 Å². The van der Waals surface area contributed by atoms with Gasteiger partial charge in [-0.05, 0) is 25.0 Å². The lowest BCUT2D eigenvalue weighted by Gasteiger charge is -2.32. The Hall–Kier alpha value is -2.57. The normalized spacial score (nSPS) is 18.5. The molecule has 0 aromatic carbocycles. The largest absolute Gasteiger partial charge is 0.459 e. The van der Waals surface area contributed by atoms with Gasteiger partial charge in [-0.3, -0.25) is 14.7 Å². The van der Waals surface area contributed by atoms with E-state index in [0.717, 1.165) is 12.8 Å². The van der Waals surface area contributed by atoms with E-state index in [4.69, 9.17) is 4.42 Å². The minimum absolute atomic E-state index is 0.0555. The smallest absolute Gasteiger partial charge is 0.289 e. The van der Waals surface area contributed by atoms with Gasteiger partial charge in [-0.2, -0.15) is 5.10 Å². The van der Waals surface area contributed by atoms with Crippen molar-refractivity contribution in [2.24, 2.45) is 0 Å². The van der Waals surface area contributed by atoms with E-state index in [1.165, 1.54) is 12.5 Å². The first-order chi connectivity index (χ1) is 10.2. The summed E-state index contributed by atoms with van der Waals surface area (Å²) in [6, 6.07) is 3.28. The molecule has 2 aromatic rings. The fourth-order valence-corrected chi connectivity index (χ4v) is 2.48. The van der Waals surface area contributed by atoms with Crippen LogP contribution >= 0.6 is 0 Å². The highest BCUT2D eigenvalue weighted by molar-refractivity contribution is 5.94. The number of piperidine rings is 1. The summed E-state index contributed by atoms with van der Waals surface area (Å²) in [5.41, 5.74) is 0.490. The molecule has 0 spiro atoms. The van der Waals surface area contributed by atoms with Crippen molar-refractivity contribution in [3.63, 3.8) is 0 Å². The van der Waals surface area contributed by atoms with E-state index in [0.29, 0.717) is 24.4 Å². The number of amides is 2. The predicted molar refractivity (Wildman–Crippen MR) is 73.7 cm³/mol. The van der Waals surface area contributed by atoms with Crippen molar-refractivity contribution in [1.29, 1.82) is 0 Å². The van der Waals surface area contributed by atoms with Crippen molar-refractivity contribution in [1.82, 2.24) is 20.4 Å². The maximum atomic E-state index is 12.2. The molecule has 1 atom stereocenters. The molecular weight excluding hydrogens is 272 g/mol. The number of furan rings is 1. The highest BCUT2D eigenvalue weighted by Gasteiger charge is 2.27. The monoisotopic (exact) mass is 288 g/mol. The van der Waals surface area contributed by atoms with Gasteiger partial charge in [-0.15, -0.1) is 0 Å². The summed E-state index contributed by atoms with van der Waals surface area (Å²) in [5, 5.41) is 9.28. The SMILES string of the molecule is O=C(N[C@H]1CCCN(C(=O)c2ccco2)C1)c1cn[nH]c1. The van der Waals surface area contributed by atoms with Crippen molar-refractivity contribution in [2.75, 3.05) is 13.1 Å². The molecular formula is C14H16N4O3. The first-order valence-corrected chi connectivity index (χ1v) is 6.86. The summed E-state index contributed by atoms with van der Waals surface area (Å²) in [4.78, 5) is 25.9. The number of aromatic amines is 1. The van der Waals surface area contributed by atoms with Crippen LogP contribution in [0.3, 0.4) is 0 Å². The van der Waals surface area contributed by atoms with Crippen LogP contribution in [-0.4, -0.2) is 46.0 Å². The van der Waals surface area contributed by atoms with Crippen molar-refractivity contribution in [3.8, 4) is 0 Å². The van der Waals surface area contributed by atoms with Gasteiger partial charge >= 0.3 is 0 Å². The van der Waals surface area contributed by atoms with Crippen molar-refractivity contribution >= 4 is 11.8 Å². The van der Waals surface area contributed by atoms with Gasteiger partial charge in [0.25, 0.3) is 11.8 Å². The molecule has 1 aliphatic rings. The first kappa shape index (κ1) is 13.4. The molecule has 2 amide bonds. The molecule has 7 nitrogen and oxygen atoms in total. The third kappa shape index (κ3) is 2.96. The molecule has 0 unspecified atom stereocenters. The summed E-state index contributed by atoms with van der Waals surface area (Å²) in [6.07, 6.45) is 6.21. The average Bonchev–Trinajstić information content (AvgIpc) is 3.20. The molecule has 0 radical (unpaired) electrons. The summed E-state index contributed by atoms with van der Waals surface area (Å²) < 4.78 is 5.13. The Labute approximate surface area is 121 Å². The number of nitrogens with one attached hydrogen (secondary N) is 2. The van der Waals surface area contributed by atoms with Gasteiger partial charge in [0.05, 0.1) is 18.0 Å². The van der Waals surface area contributed by atoms with E-state index in [9.17, 15) is 9.59 Å². The number of hydrogen-bond donors (Lipinski definition) is 2. The number of carbonyl (C=O) groups excluding carboxylic acids is 2. The van der Waals surface area contributed by atoms with Crippen molar-refractivity contribution in [2.45, 2.75) is 18.9 Å². The zero-order chi connectivity index (χ0) is 14.7. The lowest BCUT2D eigenvalue weighted by atomic mass is 10.0. The molecule has 7 heteroatoms. The number of nitrogens with zero attached hydrogens (tertiary/aromatic N) is 2. The molecule has 0 aliphatic carbocycles. The van der Waals surface area contributed by atoms with Gasteiger partial charge in [0.15, 0.2) is 5.76 Å². The van der Waals surface area contributed by atoms with Gasteiger partial charge < -0.3 is 14.6 Å². The lowest BCUT2D eigenvalue weighted by molar-refractivity contribution is 0.0647. The zero-order valence-corrected chi connectivity index (χ0v) is 11.4. The van der Waals surface area contributed by atoms with Gasteiger partial charge in [0, 0.05) is 25.3 Å². The standard InChI is InChI=1S/C14H16N4O3/c19-13(10-7-15-16-8-10)17-11-3-1-5-18(9-11)14(20)12-4-2-6-21-12/h2,4,6-8,11H,1,3,5,9H2,(H,15,16)(H,17,19)/t11-/m0/s1. The highest BCUT2D eigenvalue weighted by Crippen LogP contribution is 2.14. The Bertz CT molecular complexity index is 606. The van der Waals surface area contributed by atoms with Gasteiger partial charge in [0.2, 0.25) is 0 Å². The van der Waals surface area contributed by atoms with Crippen LogP contribution in [0.2, 0.25) is 0 Å². The van der Waals surface area contributed by atoms with Gasteiger partial charge in [-0.1, -0.05) is 0 Å². The second-order valence-electron chi connectivity index (χ2n) is 5.03. The zero-order valence-electron chi connectivity index (χ0n) is 11.4. The van der Waals surface area contributed by atoms with Crippen LogP contribution in [0.1, 0.15) is 33.8 Å². The van der Waals surface area contributed by atoms with Crippen LogP contribution < -0.4 is 5.32 Å². The van der Waals surface area contributed by atoms with E-state index in [1.807, 2.05) is 0 Å². The molecule has 1 saturated heterocycles. The number of likely N-dealkylation sites (tertiary alicyclic amines) is 1. The van der Waals surface area contributed by atoms with Crippen LogP contribution in [0.15, 0.2) is 35.2 Å². The Kier molecular flexibility index (Phi) is 3.72. The second-order valence-corrected chi connectivity index (χ2v) is 5.03. The minimum atomic E-state index is -0.180. The Morgan fingerprint density at radius 1 is 1.48 bits per heavy atom. The fourth-order valence-electron chi connectivity index (χ4n) is 2.48. The maximum Gasteiger partial charge on any atom is 0.289 e. The second kappa shape index (κ2) is 5.82. The highest BCUT2D eigenvalue weighted by atomic mass is 16.3. The van der Waals surface area contributed by atoms with E-state index < -0.39 is 0 Å². The molecule has 3 heterocycles. The maximum absolute atomic E-state index is 12.2. The van der Waals surface area contributed by atoms with Crippen LogP contribution in [-0.2, 0) is 0 Å². The number of hydrogen-bond acceptors (Lipinski definition) is 4. The van der Waals surface area contributed by atoms with E-state index in [2.05, 4.69) is 15.5 Å².